The highest BCUT2D eigenvalue weighted by atomic mass is 35.5. The van der Waals surface area contributed by atoms with Crippen LogP contribution in [0.2, 0.25) is 5.02 Å². The lowest BCUT2D eigenvalue weighted by molar-refractivity contribution is -0.137. The second kappa shape index (κ2) is 10.6. The molecule has 5 rings (SSSR count). The van der Waals surface area contributed by atoms with E-state index in [0.717, 1.165) is 31.4 Å². The van der Waals surface area contributed by atoms with E-state index in [1.807, 2.05) is 12.1 Å². The number of allylic oxidation sites excluding steroid dienone is 1. The molecule has 1 unspecified atom stereocenters. The van der Waals surface area contributed by atoms with Crippen molar-refractivity contribution in [3.63, 3.8) is 0 Å². The van der Waals surface area contributed by atoms with Crippen LogP contribution in [0.15, 0.2) is 60.8 Å². The number of nitriles is 1. The molecule has 0 saturated heterocycles. The van der Waals surface area contributed by atoms with Crippen LogP contribution >= 0.6 is 11.6 Å². The van der Waals surface area contributed by atoms with Crippen LogP contribution in [0.5, 0.6) is 0 Å². The van der Waals surface area contributed by atoms with E-state index < -0.39 is 23.8 Å². The smallest absolute Gasteiger partial charge is 0.417 e. The van der Waals surface area contributed by atoms with E-state index in [-0.39, 0.29) is 16.5 Å². The van der Waals surface area contributed by atoms with Gasteiger partial charge in [-0.1, -0.05) is 36.2 Å². The van der Waals surface area contributed by atoms with Crippen molar-refractivity contribution in [2.75, 3.05) is 5.43 Å². The van der Waals surface area contributed by atoms with E-state index in [1.165, 1.54) is 24.4 Å². The zero-order chi connectivity index (χ0) is 27.7. The lowest BCUT2D eigenvalue weighted by atomic mass is 9.72. The standard InChI is InChI=1S/C29H22ClF3N4O2/c30-19-6-9-21(23(13-19)29(31,32)33)28(16-2-1-3-16)27(18-4-7-20(35-15-18)8-11-26(38)39)17-5-10-24-22(12-17)25(14-34)37-36-24/h4-13,15-16,25,36-37H,1-3H2,(H,38,39)/b11-8+,28-27-. The largest absolute Gasteiger partial charge is 0.478 e. The molecule has 39 heavy (non-hydrogen) atoms. The number of nitrogens with one attached hydrogen (secondary N) is 2. The third-order valence-corrected chi connectivity index (χ3v) is 7.20. The van der Waals surface area contributed by atoms with Crippen LogP contribution in [0, 0.1) is 17.2 Å². The second-order valence-corrected chi connectivity index (χ2v) is 9.82. The molecule has 2 heterocycles. The average Bonchev–Trinajstić information content (AvgIpc) is 3.29. The number of fused-ring (bicyclic) bond motifs is 1. The van der Waals surface area contributed by atoms with Crippen LogP contribution in [-0.2, 0) is 11.0 Å². The molecular weight excluding hydrogens is 529 g/mol. The number of hydrazine groups is 1. The van der Waals surface area contributed by atoms with Gasteiger partial charge < -0.3 is 10.5 Å². The molecule has 1 atom stereocenters. The van der Waals surface area contributed by atoms with Gasteiger partial charge in [-0.15, -0.1) is 0 Å². The van der Waals surface area contributed by atoms with Crippen LogP contribution in [0.3, 0.4) is 0 Å². The summed E-state index contributed by atoms with van der Waals surface area (Å²) in [6, 6.07) is 14.1. The van der Waals surface area contributed by atoms with Gasteiger partial charge in [0.2, 0.25) is 0 Å². The molecule has 3 N–H and O–H groups in total. The summed E-state index contributed by atoms with van der Waals surface area (Å²) in [7, 11) is 0. The molecule has 0 amide bonds. The zero-order valence-electron chi connectivity index (χ0n) is 20.4. The lowest BCUT2D eigenvalue weighted by Crippen LogP contribution is -2.18. The quantitative estimate of drug-likeness (QED) is 0.223. The van der Waals surface area contributed by atoms with Crippen molar-refractivity contribution < 1.29 is 23.1 Å². The van der Waals surface area contributed by atoms with Crippen LogP contribution in [0.1, 0.15) is 58.8 Å². The van der Waals surface area contributed by atoms with E-state index in [1.54, 1.807) is 18.2 Å². The van der Waals surface area contributed by atoms with Crippen LogP contribution < -0.4 is 10.9 Å². The summed E-state index contributed by atoms with van der Waals surface area (Å²) >= 11 is 6.02. The number of alkyl halides is 3. The van der Waals surface area contributed by atoms with Crippen LogP contribution in [-0.4, -0.2) is 16.1 Å². The highest BCUT2D eigenvalue weighted by Crippen LogP contribution is 2.49. The van der Waals surface area contributed by atoms with Gasteiger partial charge in [0.05, 0.1) is 23.0 Å². The number of nitrogens with zero attached hydrogens (tertiary/aromatic N) is 2. The Labute approximate surface area is 227 Å². The minimum Gasteiger partial charge on any atom is -0.478 e. The normalized spacial score (nSPS) is 17.7. The summed E-state index contributed by atoms with van der Waals surface area (Å²) in [4.78, 5) is 15.3. The number of halogens is 4. The maximum absolute atomic E-state index is 14.3. The Hall–Kier alpha value is -4.13. The van der Waals surface area contributed by atoms with E-state index in [4.69, 9.17) is 16.7 Å². The molecule has 0 radical (unpaired) electrons. The molecular formula is C29H22ClF3N4O2. The molecule has 2 aliphatic rings. The van der Waals surface area contributed by atoms with Gasteiger partial charge in [0.25, 0.3) is 0 Å². The van der Waals surface area contributed by atoms with E-state index >= 15 is 0 Å². The summed E-state index contributed by atoms with van der Waals surface area (Å²) in [5.74, 6) is -1.26. The van der Waals surface area contributed by atoms with Crippen molar-refractivity contribution in [3.05, 3.63) is 99.3 Å². The Kier molecular flexibility index (Phi) is 7.17. The van der Waals surface area contributed by atoms with Gasteiger partial charge in [0, 0.05) is 28.4 Å². The van der Waals surface area contributed by atoms with Gasteiger partial charge in [0.15, 0.2) is 0 Å². The SMILES string of the molecule is N#CC1NNc2ccc(/C(=C(/c3ccc(Cl)cc3C(F)(F)F)C3CCC3)c3ccc(/C=C/C(=O)O)nc3)cc21. The Balaban J connectivity index is 1.79. The number of aromatic nitrogens is 1. The molecule has 1 aliphatic heterocycles. The van der Waals surface area contributed by atoms with Crippen molar-refractivity contribution >= 4 is 40.5 Å². The maximum Gasteiger partial charge on any atom is 0.417 e. The number of benzene rings is 2. The monoisotopic (exact) mass is 550 g/mol. The topological polar surface area (TPSA) is 98.0 Å². The number of hydrogen-bond acceptors (Lipinski definition) is 5. The molecule has 10 heteroatoms. The number of rotatable bonds is 6. The average molecular weight is 551 g/mol. The first-order chi connectivity index (χ1) is 18.7. The van der Waals surface area contributed by atoms with Gasteiger partial charge in [-0.2, -0.15) is 18.4 Å². The number of anilines is 1. The lowest BCUT2D eigenvalue weighted by Gasteiger charge is -2.33. The molecule has 198 valence electrons. The Morgan fingerprint density at radius 2 is 1.90 bits per heavy atom. The van der Waals surface area contributed by atoms with Crippen molar-refractivity contribution in [1.82, 2.24) is 10.4 Å². The van der Waals surface area contributed by atoms with Gasteiger partial charge in [0.1, 0.15) is 6.04 Å². The fourth-order valence-corrected chi connectivity index (χ4v) is 5.10. The molecule has 1 saturated carbocycles. The number of carboxylic acids is 1. The fraction of sp³-hybridized carbons (Fsp3) is 0.207. The van der Waals surface area contributed by atoms with Crippen molar-refractivity contribution in [3.8, 4) is 6.07 Å². The first-order valence-corrected chi connectivity index (χ1v) is 12.6. The Morgan fingerprint density at radius 1 is 1.13 bits per heavy atom. The van der Waals surface area contributed by atoms with Crippen LogP contribution in [0.4, 0.5) is 18.9 Å². The van der Waals surface area contributed by atoms with Crippen LogP contribution in [0.25, 0.3) is 17.2 Å². The predicted molar refractivity (Wildman–Crippen MR) is 142 cm³/mol. The molecule has 1 fully saturated rings. The minimum atomic E-state index is -4.64. The summed E-state index contributed by atoms with van der Waals surface area (Å²) in [6.45, 7) is 0. The van der Waals surface area contributed by atoms with Gasteiger partial charge in [-0.3, -0.25) is 4.98 Å². The minimum absolute atomic E-state index is 0.0108. The van der Waals surface area contributed by atoms with Gasteiger partial charge in [-0.05, 0) is 77.4 Å². The summed E-state index contributed by atoms with van der Waals surface area (Å²) in [5, 5.41) is 18.5. The number of aliphatic carboxylic acids is 1. The van der Waals surface area contributed by atoms with Crippen molar-refractivity contribution in [2.45, 2.75) is 31.5 Å². The Bertz CT molecular complexity index is 1540. The number of carbonyl (C=O) groups is 1. The zero-order valence-corrected chi connectivity index (χ0v) is 21.1. The first-order valence-electron chi connectivity index (χ1n) is 12.2. The summed E-state index contributed by atoms with van der Waals surface area (Å²) in [5.41, 5.74) is 9.18. The summed E-state index contributed by atoms with van der Waals surface area (Å²) < 4.78 is 43.0. The van der Waals surface area contributed by atoms with Gasteiger partial charge in [-0.25, -0.2) is 10.2 Å². The predicted octanol–water partition coefficient (Wildman–Crippen LogP) is 7.11. The fourth-order valence-electron chi connectivity index (χ4n) is 4.93. The molecule has 6 nitrogen and oxygen atoms in total. The van der Waals surface area contributed by atoms with E-state index in [0.29, 0.717) is 39.2 Å². The maximum atomic E-state index is 14.3. The third-order valence-electron chi connectivity index (χ3n) is 6.96. The second-order valence-electron chi connectivity index (χ2n) is 9.38. The molecule has 0 bridgehead atoms. The van der Waals surface area contributed by atoms with Crippen molar-refractivity contribution in [1.29, 1.82) is 5.26 Å². The number of hydrogen-bond donors (Lipinski definition) is 3. The Morgan fingerprint density at radius 3 is 2.51 bits per heavy atom. The molecule has 2 aromatic carbocycles. The molecule has 1 aromatic heterocycles. The number of carboxylic acid groups (broad SMARTS) is 1. The summed E-state index contributed by atoms with van der Waals surface area (Å²) in [6.07, 6.45) is 1.53. The van der Waals surface area contributed by atoms with Crippen molar-refractivity contribution in [2.24, 2.45) is 5.92 Å². The molecule has 0 spiro atoms. The number of pyridine rings is 1. The third kappa shape index (κ3) is 5.39. The first kappa shape index (κ1) is 26.5. The highest BCUT2D eigenvalue weighted by molar-refractivity contribution is 6.30. The van der Waals surface area contributed by atoms with Gasteiger partial charge >= 0.3 is 12.1 Å². The molecule has 1 aliphatic carbocycles. The molecule has 3 aromatic rings. The highest BCUT2D eigenvalue weighted by Gasteiger charge is 2.38. The van der Waals surface area contributed by atoms with E-state index in [2.05, 4.69) is 21.9 Å². The van der Waals surface area contributed by atoms with E-state index in [9.17, 15) is 23.2 Å².